The molecule has 1 amide bonds. The van der Waals surface area contributed by atoms with Gasteiger partial charge in [0.2, 0.25) is 5.91 Å². The standard InChI is InChI=1S/C22H21Cl2N3O3S/c23-14-1-2-20-17(9-14)26-22(31-20)13-3-5-27(6-4-13)12-21(28)25-16-11-19-18(10-15(16)24)29-7-8-30-19/h1-2,9-11,13H,3-8,12H2,(H,25,28). The van der Waals surface area contributed by atoms with Gasteiger partial charge in [-0.15, -0.1) is 11.3 Å². The average Bonchev–Trinajstić information content (AvgIpc) is 3.18. The minimum Gasteiger partial charge on any atom is -0.486 e. The SMILES string of the molecule is O=C(CN1CCC(c2nc3cc(Cl)ccc3s2)CC1)Nc1cc2c(cc1Cl)OCCO2. The third-order valence-corrected chi connectivity index (χ3v) is 7.32. The fourth-order valence-electron chi connectivity index (χ4n) is 3.98. The molecule has 2 aromatic carbocycles. The summed E-state index contributed by atoms with van der Waals surface area (Å²) in [5.41, 5.74) is 1.50. The van der Waals surface area contributed by atoms with Gasteiger partial charge in [0.15, 0.2) is 11.5 Å². The number of piperidine rings is 1. The van der Waals surface area contributed by atoms with E-state index in [-0.39, 0.29) is 5.91 Å². The zero-order valence-corrected chi connectivity index (χ0v) is 19.0. The van der Waals surface area contributed by atoms with Crippen LogP contribution < -0.4 is 14.8 Å². The molecule has 0 spiro atoms. The second-order valence-electron chi connectivity index (χ2n) is 7.74. The lowest BCUT2D eigenvalue weighted by Crippen LogP contribution is -2.38. The molecule has 2 aliphatic heterocycles. The molecule has 0 aliphatic carbocycles. The monoisotopic (exact) mass is 477 g/mol. The van der Waals surface area contributed by atoms with Gasteiger partial charge in [-0.25, -0.2) is 4.98 Å². The van der Waals surface area contributed by atoms with Crippen LogP contribution in [0.15, 0.2) is 30.3 Å². The van der Waals surface area contributed by atoms with E-state index in [9.17, 15) is 4.79 Å². The summed E-state index contributed by atoms with van der Waals surface area (Å²) < 4.78 is 12.3. The number of hydrogen-bond donors (Lipinski definition) is 1. The van der Waals surface area contributed by atoms with E-state index in [1.807, 2.05) is 18.2 Å². The molecule has 31 heavy (non-hydrogen) atoms. The highest BCUT2D eigenvalue weighted by atomic mass is 35.5. The van der Waals surface area contributed by atoms with Gasteiger partial charge in [0.1, 0.15) is 13.2 Å². The fraction of sp³-hybridized carbons (Fsp3) is 0.364. The van der Waals surface area contributed by atoms with Gasteiger partial charge < -0.3 is 14.8 Å². The Balaban J connectivity index is 1.17. The lowest BCUT2D eigenvalue weighted by molar-refractivity contribution is -0.117. The van der Waals surface area contributed by atoms with Gasteiger partial charge in [-0.05, 0) is 44.1 Å². The lowest BCUT2D eigenvalue weighted by atomic mass is 9.97. The molecule has 0 atom stereocenters. The number of anilines is 1. The highest BCUT2D eigenvalue weighted by Crippen LogP contribution is 2.38. The van der Waals surface area contributed by atoms with Gasteiger partial charge in [0.25, 0.3) is 0 Å². The molecule has 1 N–H and O–H groups in total. The molecule has 0 unspecified atom stereocenters. The lowest BCUT2D eigenvalue weighted by Gasteiger charge is -2.30. The molecule has 3 aromatic rings. The highest BCUT2D eigenvalue weighted by Gasteiger charge is 2.25. The zero-order valence-electron chi connectivity index (χ0n) is 16.7. The molecular formula is C22H21Cl2N3O3S. The van der Waals surface area contributed by atoms with Crippen molar-refractivity contribution in [2.45, 2.75) is 18.8 Å². The first-order valence-corrected chi connectivity index (χ1v) is 11.8. The number of nitrogens with zero attached hydrogens (tertiary/aromatic N) is 2. The number of likely N-dealkylation sites (tertiary alicyclic amines) is 1. The summed E-state index contributed by atoms with van der Waals surface area (Å²) in [5.74, 6) is 1.53. The first-order valence-electron chi connectivity index (χ1n) is 10.2. The van der Waals surface area contributed by atoms with Crippen molar-refractivity contribution in [3.8, 4) is 11.5 Å². The predicted molar refractivity (Wildman–Crippen MR) is 124 cm³/mol. The van der Waals surface area contributed by atoms with Crippen LogP contribution in [0.2, 0.25) is 10.0 Å². The van der Waals surface area contributed by atoms with Crippen molar-refractivity contribution in [1.82, 2.24) is 9.88 Å². The number of carbonyl (C=O) groups excluding carboxylic acids is 1. The number of nitrogens with one attached hydrogen (secondary N) is 1. The van der Waals surface area contributed by atoms with Crippen LogP contribution in [0.5, 0.6) is 11.5 Å². The van der Waals surface area contributed by atoms with Crippen LogP contribution in [0, 0.1) is 0 Å². The van der Waals surface area contributed by atoms with E-state index in [1.54, 1.807) is 23.5 Å². The highest BCUT2D eigenvalue weighted by molar-refractivity contribution is 7.18. The third-order valence-electron chi connectivity index (χ3n) is 5.58. The van der Waals surface area contributed by atoms with E-state index in [0.717, 1.165) is 41.2 Å². The summed E-state index contributed by atoms with van der Waals surface area (Å²) in [5, 5.41) is 5.21. The van der Waals surface area contributed by atoms with Gasteiger partial charge in [0.05, 0.1) is 32.5 Å². The number of halogens is 2. The predicted octanol–water partition coefficient (Wildman–Crippen LogP) is 5.19. The van der Waals surface area contributed by atoms with Crippen LogP contribution in [0.4, 0.5) is 5.69 Å². The largest absolute Gasteiger partial charge is 0.486 e. The van der Waals surface area contributed by atoms with Crippen molar-refractivity contribution in [3.05, 3.63) is 45.4 Å². The molecule has 3 heterocycles. The minimum absolute atomic E-state index is 0.0911. The summed E-state index contributed by atoms with van der Waals surface area (Å²) in [6.45, 7) is 3.01. The van der Waals surface area contributed by atoms with Gasteiger partial charge in [-0.1, -0.05) is 23.2 Å². The van der Waals surface area contributed by atoms with Crippen LogP contribution >= 0.6 is 34.5 Å². The normalized spacial score (nSPS) is 17.1. The Kier molecular flexibility index (Phi) is 5.93. The first kappa shape index (κ1) is 20.8. The molecule has 5 rings (SSSR count). The van der Waals surface area contributed by atoms with Crippen molar-refractivity contribution >= 4 is 56.3 Å². The molecule has 0 bridgehead atoms. The maximum atomic E-state index is 12.6. The summed E-state index contributed by atoms with van der Waals surface area (Å²) >= 11 is 14.1. The number of rotatable bonds is 4. The molecule has 1 aromatic heterocycles. The number of aromatic nitrogens is 1. The number of ether oxygens (including phenoxy) is 2. The van der Waals surface area contributed by atoms with E-state index in [2.05, 4.69) is 10.2 Å². The van der Waals surface area contributed by atoms with E-state index in [0.29, 0.717) is 52.9 Å². The third kappa shape index (κ3) is 4.60. The Morgan fingerprint density at radius 3 is 2.65 bits per heavy atom. The molecule has 6 nitrogen and oxygen atoms in total. The second-order valence-corrected chi connectivity index (χ2v) is 9.64. The number of hydrogen-bond acceptors (Lipinski definition) is 6. The molecule has 9 heteroatoms. The van der Waals surface area contributed by atoms with Crippen molar-refractivity contribution in [2.24, 2.45) is 0 Å². The molecular weight excluding hydrogens is 457 g/mol. The van der Waals surface area contributed by atoms with Gasteiger partial charge in [-0.2, -0.15) is 0 Å². The van der Waals surface area contributed by atoms with Crippen LogP contribution in [0.25, 0.3) is 10.2 Å². The fourth-order valence-corrected chi connectivity index (χ4v) is 5.47. The smallest absolute Gasteiger partial charge is 0.238 e. The molecule has 2 aliphatic rings. The quantitative estimate of drug-likeness (QED) is 0.559. The Labute approximate surface area is 194 Å². The second kappa shape index (κ2) is 8.82. The molecule has 162 valence electrons. The van der Waals surface area contributed by atoms with Crippen LogP contribution in [-0.4, -0.2) is 48.6 Å². The Morgan fingerprint density at radius 1 is 1.13 bits per heavy atom. The van der Waals surface area contributed by atoms with Crippen molar-refractivity contribution in [3.63, 3.8) is 0 Å². The number of benzene rings is 2. The average molecular weight is 478 g/mol. The number of carbonyl (C=O) groups is 1. The summed E-state index contributed by atoms with van der Waals surface area (Å²) in [7, 11) is 0. The maximum absolute atomic E-state index is 12.6. The Hall–Kier alpha value is -2.06. The van der Waals surface area contributed by atoms with Crippen LogP contribution in [0.1, 0.15) is 23.8 Å². The van der Waals surface area contributed by atoms with Gasteiger partial charge in [-0.3, -0.25) is 9.69 Å². The van der Waals surface area contributed by atoms with E-state index < -0.39 is 0 Å². The maximum Gasteiger partial charge on any atom is 0.238 e. The summed E-state index contributed by atoms with van der Waals surface area (Å²) in [6.07, 6.45) is 1.96. The van der Waals surface area contributed by atoms with Crippen LogP contribution in [-0.2, 0) is 4.79 Å². The summed E-state index contributed by atoms with van der Waals surface area (Å²) in [4.78, 5) is 19.5. The Morgan fingerprint density at radius 2 is 1.87 bits per heavy atom. The molecule has 1 fully saturated rings. The van der Waals surface area contributed by atoms with Crippen molar-refractivity contribution in [2.75, 3.05) is 38.2 Å². The number of amides is 1. The van der Waals surface area contributed by atoms with E-state index in [1.165, 1.54) is 0 Å². The van der Waals surface area contributed by atoms with Gasteiger partial charge >= 0.3 is 0 Å². The number of fused-ring (bicyclic) bond motifs is 2. The minimum atomic E-state index is -0.0911. The van der Waals surface area contributed by atoms with Crippen LogP contribution in [0.3, 0.4) is 0 Å². The van der Waals surface area contributed by atoms with Gasteiger partial charge in [0, 0.05) is 23.1 Å². The number of thiazole rings is 1. The first-order chi connectivity index (χ1) is 15.0. The van der Waals surface area contributed by atoms with E-state index in [4.69, 9.17) is 37.7 Å². The molecule has 1 saturated heterocycles. The molecule has 0 saturated carbocycles. The molecule has 0 radical (unpaired) electrons. The Bertz CT molecular complexity index is 1130. The van der Waals surface area contributed by atoms with E-state index >= 15 is 0 Å². The topological polar surface area (TPSA) is 63.7 Å². The summed E-state index contributed by atoms with van der Waals surface area (Å²) in [6, 6.07) is 9.25. The van der Waals surface area contributed by atoms with Crippen molar-refractivity contribution < 1.29 is 14.3 Å². The van der Waals surface area contributed by atoms with Crippen molar-refractivity contribution in [1.29, 1.82) is 0 Å². The zero-order chi connectivity index (χ0) is 21.4.